The van der Waals surface area contributed by atoms with Crippen molar-refractivity contribution in [1.29, 1.82) is 5.26 Å². The first kappa shape index (κ1) is 12.7. The van der Waals surface area contributed by atoms with Gasteiger partial charge in [-0.3, -0.25) is 4.79 Å². The van der Waals surface area contributed by atoms with Crippen LogP contribution in [0.2, 0.25) is 0 Å². The standard InChI is InChI=1S/C11H12BrN3O/c1-7-8(12)4-5-9(14-7)15-10(16)11(2,3)6-13/h4-5H,1-3H3,(H,14,15,16). The molecule has 0 fully saturated rings. The van der Waals surface area contributed by atoms with E-state index in [0.717, 1.165) is 10.2 Å². The normalized spacial score (nSPS) is 10.7. The van der Waals surface area contributed by atoms with E-state index in [-0.39, 0.29) is 5.91 Å². The minimum Gasteiger partial charge on any atom is -0.309 e. The molecule has 0 radical (unpaired) electrons. The molecule has 0 bridgehead atoms. The van der Waals surface area contributed by atoms with Crippen LogP contribution >= 0.6 is 15.9 Å². The van der Waals surface area contributed by atoms with E-state index in [1.165, 1.54) is 0 Å². The van der Waals surface area contributed by atoms with Gasteiger partial charge in [-0.05, 0) is 48.8 Å². The third-order valence-electron chi connectivity index (χ3n) is 2.11. The maximum absolute atomic E-state index is 11.7. The molecule has 0 aromatic carbocycles. The molecular formula is C11H12BrN3O. The second kappa shape index (κ2) is 4.62. The van der Waals surface area contributed by atoms with Crippen LogP contribution in [-0.4, -0.2) is 10.9 Å². The van der Waals surface area contributed by atoms with Gasteiger partial charge in [0.05, 0.1) is 11.8 Å². The van der Waals surface area contributed by atoms with Crippen LogP contribution in [0.1, 0.15) is 19.5 Å². The average Bonchev–Trinajstić information content (AvgIpc) is 2.23. The van der Waals surface area contributed by atoms with Crippen LogP contribution in [0.25, 0.3) is 0 Å². The highest BCUT2D eigenvalue weighted by Crippen LogP contribution is 2.19. The Kier molecular flexibility index (Phi) is 3.66. The van der Waals surface area contributed by atoms with Gasteiger partial charge < -0.3 is 5.32 Å². The molecule has 4 nitrogen and oxygen atoms in total. The number of pyridine rings is 1. The van der Waals surface area contributed by atoms with E-state index in [4.69, 9.17) is 5.26 Å². The number of hydrogen-bond donors (Lipinski definition) is 1. The summed E-state index contributed by atoms with van der Waals surface area (Å²) < 4.78 is 0.880. The van der Waals surface area contributed by atoms with Crippen LogP contribution < -0.4 is 5.32 Å². The van der Waals surface area contributed by atoms with Crippen LogP contribution in [-0.2, 0) is 4.79 Å². The lowest BCUT2D eigenvalue weighted by Gasteiger charge is -2.14. The quantitative estimate of drug-likeness (QED) is 0.906. The van der Waals surface area contributed by atoms with Crippen molar-refractivity contribution in [2.45, 2.75) is 20.8 Å². The van der Waals surface area contributed by atoms with Crippen molar-refractivity contribution in [3.8, 4) is 6.07 Å². The number of hydrogen-bond acceptors (Lipinski definition) is 3. The second-order valence-electron chi connectivity index (χ2n) is 3.95. The number of nitrogens with zero attached hydrogens (tertiary/aromatic N) is 2. The molecule has 0 aliphatic rings. The molecule has 0 saturated heterocycles. The Balaban J connectivity index is 2.87. The maximum Gasteiger partial charge on any atom is 0.245 e. The highest BCUT2D eigenvalue weighted by molar-refractivity contribution is 9.10. The molecule has 0 aliphatic carbocycles. The average molecular weight is 282 g/mol. The number of anilines is 1. The minimum atomic E-state index is -1.05. The number of halogens is 1. The molecule has 0 aliphatic heterocycles. The SMILES string of the molecule is Cc1nc(NC(=O)C(C)(C)C#N)ccc1Br. The van der Waals surface area contributed by atoms with Gasteiger partial charge in [0.25, 0.3) is 0 Å². The summed E-state index contributed by atoms with van der Waals surface area (Å²) in [6.07, 6.45) is 0. The molecule has 1 rings (SSSR count). The molecule has 5 heteroatoms. The minimum absolute atomic E-state index is 0.357. The van der Waals surface area contributed by atoms with Gasteiger partial charge in [-0.2, -0.15) is 5.26 Å². The topological polar surface area (TPSA) is 65.8 Å². The number of carbonyl (C=O) groups is 1. The van der Waals surface area contributed by atoms with Gasteiger partial charge in [-0.1, -0.05) is 0 Å². The van der Waals surface area contributed by atoms with E-state index < -0.39 is 5.41 Å². The van der Waals surface area contributed by atoms with Gasteiger partial charge in [-0.25, -0.2) is 4.98 Å². The molecule has 0 unspecified atom stereocenters. The molecule has 1 aromatic heterocycles. The van der Waals surface area contributed by atoms with Crippen LogP contribution in [0.4, 0.5) is 5.82 Å². The third kappa shape index (κ3) is 2.80. The van der Waals surface area contributed by atoms with Gasteiger partial charge >= 0.3 is 0 Å². The first-order valence-corrected chi connectivity index (χ1v) is 5.52. The number of rotatable bonds is 2. The molecular weight excluding hydrogens is 270 g/mol. The summed E-state index contributed by atoms with van der Waals surface area (Å²) in [6.45, 7) is 4.96. The van der Waals surface area contributed by atoms with Crippen molar-refractivity contribution in [3.63, 3.8) is 0 Å². The van der Waals surface area contributed by atoms with Crippen molar-refractivity contribution in [1.82, 2.24) is 4.98 Å². The number of aryl methyl sites for hydroxylation is 1. The Morgan fingerprint density at radius 1 is 1.56 bits per heavy atom. The van der Waals surface area contributed by atoms with E-state index in [9.17, 15) is 4.79 Å². The van der Waals surface area contributed by atoms with E-state index in [0.29, 0.717) is 5.82 Å². The fourth-order valence-electron chi connectivity index (χ4n) is 0.937. The number of nitrogens with one attached hydrogen (secondary N) is 1. The summed E-state index contributed by atoms with van der Waals surface area (Å²) in [4.78, 5) is 15.8. The molecule has 84 valence electrons. The van der Waals surface area contributed by atoms with Crippen LogP contribution in [0.5, 0.6) is 0 Å². The highest BCUT2D eigenvalue weighted by Gasteiger charge is 2.27. The van der Waals surface area contributed by atoms with Gasteiger partial charge in [-0.15, -0.1) is 0 Å². The fraction of sp³-hybridized carbons (Fsp3) is 0.364. The van der Waals surface area contributed by atoms with Crippen LogP contribution in [0.3, 0.4) is 0 Å². The molecule has 1 amide bonds. The van der Waals surface area contributed by atoms with Gasteiger partial charge in [0.2, 0.25) is 5.91 Å². The van der Waals surface area contributed by atoms with E-state index in [2.05, 4.69) is 26.2 Å². The third-order valence-corrected chi connectivity index (χ3v) is 2.95. The van der Waals surface area contributed by atoms with Crippen LogP contribution in [0.15, 0.2) is 16.6 Å². The zero-order chi connectivity index (χ0) is 12.3. The zero-order valence-corrected chi connectivity index (χ0v) is 10.9. The first-order valence-electron chi connectivity index (χ1n) is 4.72. The smallest absolute Gasteiger partial charge is 0.245 e. The van der Waals surface area contributed by atoms with Crippen molar-refractivity contribution in [3.05, 3.63) is 22.3 Å². The largest absolute Gasteiger partial charge is 0.309 e. The number of nitriles is 1. The Hall–Kier alpha value is -1.41. The Bertz CT molecular complexity index is 463. The summed E-state index contributed by atoms with van der Waals surface area (Å²) in [5, 5.41) is 11.4. The summed E-state index contributed by atoms with van der Waals surface area (Å²) in [5.74, 6) is 0.0956. The number of carbonyl (C=O) groups excluding carboxylic acids is 1. The van der Waals surface area contributed by atoms with Gasteiger partial charge in [0.1, 0.15) is 11.2 Å². The molecule has 1 aromatic rings. The van der Waals surface area contributed by atoms with Crippen molar-refractivity contribution in [2.75, 3.05) is 5.32 Å². The second-order valence-corrected chi connectivity index (χ2v) is 4.81. The lowest BCUT2D eigenvalue weighted by molar-refractivity contribution is -0.121. The van der Waals surface area contributed by atoms with Crippen molar-refractivity contribution >= 4 is 27.7 Å². The Morgan fingerprint density at radius 2 is 2.19 bits per heavy atom. The summed E-state index contributed by atoms with van der Waals surface area (Å²) in [7, 11) is 0. The lowest BCUT2D eigenvalue weighted by atomic mass is 9.95. The van der Waals surface area contributed by atoms with Crippen molar-refractivity contribution in [2.24, 2.45) is 5.41 Å². The molecule has 0 spiro atoms. The van der Waals surface area contributed by atoms with E-state index in [1.807, 2.05) is 13.0 Å². The highest BCUT2D eigenvalue weighted by atomic mass is 79.9. The fourth-order valence-corrected chi connectivity index (χ4v) is 1.16. The molecule has 16 heavy (non-hydrogen) atoms. The molecule has 1 heterocycles. The lowest BCUT2D eigenvalue weighted by Crippen LogP contribution is -2.29. The summed E-state index contributed by atoms with van der Waals surface area (Å²) in [5.41, 5.74) is -0.268. The number of amides is 1. The monoisotopic (exact) mass is 281 g/mol. The van der Waals surface area contributed by atoms with Crippen LogP contribution in [0, 0.1) is 23.7 Å². The van der Waals surface area contributed by atoms with Gasteiger partial charge in [0, 0.05) is 4.47 Å². The van der Waals surface area contributed by atoms with Crippen molar-refractivity contribution < 1.29 is 4.79 Å². The predicted octanol–water partition coefficient (Wildman–Crippen LogP) is 2.64. The molecule has 0 saturated carbocycles. The maximum atomic E-state index is 11.7. The zero-order valence-electron chi connectivity index (χ0n) is 9.34. The van der Waals surface area contributed by atoms with E-state index >= 15 is 0 Å². The predicted molar refractivity (Wildman–Crippen MR) is 64.7 cm³/mol. The molecule has 0 atom stereocenters. The molecule has 1 N–H and O–H groups in total. The summed E-state index contributed by atoms with van der Waals surface area (Å²) in [6, 6.07) is 5.42. The summed E-state index contributed by atoms with van der Waals surface area (Å²) >= 11 is 3.32. The number of aromatic nitrogens is 1. The first-order chi connectivity index (χ1) is 7.36. The Morgan fingerprint density at radius 3 is 2.69 bits per heavy atom. The Labute approximate surface area is 103 Å². The van der Waals surface area contributed by atoms with Gasteiger partial charge in [0.15, 0.2) is 0 Å². The van der Waals surface area contributed by atoms with E-state index in [1.54, 1.807) is 26.0 Å².